The number of amides is 1. The van der Waals surface area contributed by atoms with Gasteiger partial charge in [0.2, 0.25) is 5.91 Å². The number of carbonyl (C=O) groups is 2. The fourth-order valence-electron chi connectivity index (χ4n) is 4.12. The van der Waals surface area contributed by atoms with E-state index < -0.39 is 48.0 Å². The smallest absolute Gasteiger partial charge is 0.306 e. The first-order chi connectivity index (χ1) is 15.2. The molecule has 8 atom stereocenters. The van der Waals surface area contributed by atoms with E-state index in [-0.39, 0.29) is 30.7 Å². The molecule has 11 heteroatoms. The molecule has 0 spiro atoms. The fourth-order valence-corrected chi connectivity index (χ4v) is 5.07. The molecule has 0 aliphatic carbocycles. The van der Waals surface area contributed by atoms with Gasteiger partial charge < -0.3 is 34.8 Å². The number of hydrogen-bond donors (Lipinski definition) is 4. The van der Waals surface area contributed by atoms with Crippen molar-refractivity contribution in [2.24, 2.45) is 0 Å². The lowest BCUT2D eigenvalue weighted by Crippen LogP contribution is -2.66. The second kappa shape index (κ2) is 13.1. The average Bonchev–Trinajstić information content (AvgIpc) is 3.20. The predicted octanol–water partition coefficient (Wildman–Crippen LogP) is -0.516. The van der Waals surface area contributed by atoms with E-state index in [9.17, 15) is 24.9 Å². The predicted molar refractivity (Wildman–Crippen MR) is 119 cm³/mol. The summed E-state index contributed by atoms with van der Waals surface area (Å²) in [7, 11) is 3.38. The largest absolute Gasteiger partial charge is 0.456 e. The number of likely N-dealkylation sites (N-methyl/N-ethyl adjacent to an activating group) is 1. The third-order valence-corrected chi connectivity index (χ3v) is 7.17. The molecule has 2 aliphatic heterocycles. The Balaban J connectivity index is 2.22. The number of carbonyl (C=O) groups excluding carboxylic acids is 2. The SMILES string of the molecule is CCCC(=O)O[C@@H]1[C@@H](O)[C@H](O)[C@@H]([C@H](NC(=O)[C@@H]2CCCN2C)[C@H](C)OC)O[C@H]1SCCO. The van der Waals surface area contributed by atoms with Gasteiger partial charge in [-0.1, -0.05) is 6.92 Å². The van der Waals surface area contributed by atoms with Crippen LogP contribution in [0.2, 0.25) is 0 Å². The number of thioether (sulfide) groups is 1. The Bertz CT molecular complexity index is 612. The quantitative estimate of drug-likeness (QED) is 0.287. The minimum atomic E-state index is -1.43. The van der Waals surface area contributed by atoms with Crippen LogP contribution in [-0.4, -0.2) is 113 Å². The number of ether oxygens (including phenoxy) is 3. The lowest BCUT2D eigenvalue weighted by molar-refractivity contribution is -0.223. The van der Waals surface area contributed by atoms with E-state index in [1.165, 1.54) is 18.9 Å². The first kappa shape index (κ1) is 27.3. The van der Waals surface area contributed by atoms with Crippen LogP contribution in [-0.2, 0) is 23.8 Å². The minimum Gasteiger partial charge on any atom is -0.456 e. The van der Waals surface area contributed by atoms with Crippen LogP contribution in [0.1, 0.15) is 39.5 Å². The van der Waals surface area contributed by atoms with E-state index in [4.69, 9.17) is 14.2 Å². The van der Waals surface area contributed by atoms with Gasteiger partial charge in [0.1, 0.15) is 23.7 Å². The molecular formula is C21H38N2O8S. The lowest BCUT2D eigenvalue weighted by atomic mass is 9.91. The molecule has 0 aromatic rings. The van der Waals surface area contributed by atoms with E-state index in [2.05, 4.69) is 5.32 Å². The molecule has 2 aliphatic rings. The van der Waals surface area contributed by atoms with Crippen LogP contribution in [0.25, 0.3) is 0 Å². The van der Waals surface area contributed by atoms with E-state index >= 15 is 0 Å². The first-order valence-electron chi connectivity index (χ1n) is 11.2. The number of likely N-dealkylation sites (tertiary alicyclic amines) is 1. The minimum absolute atomic E-state index is 0.133. The Hall–Kier alpha value is -0.950. The highest BCUT2D eigenvalue weighted by atomic mass is 32.2. The first-order valence-corrected chi connectivity index (χ1v) is 12.3. The molecule has 10 nitrogen and oxygen atoms in total. The fraction of sp³-hybridized carbons (Fsp3) is 0.905. The summed E-state index contributed by atoms with van der Waals surface area (Å²) in [6.07, 6.45) is -3.08. The second-order valence-corrected chi connectivity index (χ2v) is 9.57. The number of methoxy groups -OCH3 is 1. The third kappa shape index (κ3) is 6.78. The van der Waals surface area contributed by atoms with Crippen LogP contribution < -0.4 is 5.32 Å². The Labute approximate surface area is 194 Å². The zero-order chi connectivity index (χ0) is 23.8. The highest BCUT2D eigenvalue weighted by Crippen LogP contribution is 2.33. The number of nitrogens with zero attached hydrogens (tertiary/aromatic N) is 1. The zero-order valence-electron chi connectivity index (χ0n) is 19.3. The van der Waals surface area contributed by atoms with Gasteiger partial charge in [-0.15, -0.1) is 11.8 Å². The maximum atomic E-state index is 12.9. The normalized spacial score (nSPS) is 33.0. The molecule has 0 bridgehead atoms. The van der Waals surface area contributed by atoms with E-state index in [1.54, 1.807) is 6.92 Å². The van der Waals surface area contributed by atoms with Gasteiger partial charge in [0.05, 0.1) is 24.8 Å². The van der Waals surface area contributed by atoms with Crippen LogP contribution in [0.15, 0.2) is 0 Å². The molecule has 0 aromatic carbocycles. The molecule has 2 fully saturated rings. The Kier molecular flexibility index (Phi) is 11.1. The summed E-state index contributed by atoms with van der Waals surface area (Å²) in [5.74, 6) is -0.411. The van der Waals surface area contributed by atoms with Gasteiger partial charge in [-0.25, -0.2) is 0 Å². The van der Waals surface area contributed by atoms with Crippen LogP contribution in [0.3, 0.4) is 0 Å². The maximum absolute atomic E-state index is 12.9. The topological polar surface area (TPSA) is 138 Å². The molecule has 0 unspecified atom stereocenters. The van der Waals surface area contributed by atoms with Gasteiger partial charge in [0.25, 0.3) is 0 Å². The Morgan fingerprint density at radius 3 is 2.59 bits per heavy atom. The van der Waals surface area contributed by atoms with Crippen molar-refractivity contribution >= 4 is 23.6 Å². The molecule has 2 heterocycles. The number of esters is 1. The molecule has 2 rings (SSSR count). The number of rotatable bonds is 11. The van der Waals surface area contributed by atoms with Crippen LogP contribution >= 0.6 is 11.8 Å². The molecule has 186 valence electrons. The van der Waals surface area contributed by atoms with Gasteiger partial charge in [-0.05, 0) is 39.8 Å². The van der Waals surface area contributed by atoms with Crippen molar-refractivity contribution in [3.8, 4) is 0 Å². The monoisotopic (exact) mass is 478 g/mol. The molecule has 4 N–H and O–H groups in total. The standard InChI is InChI=1S/C21H38N2O8S/c1-5-7-14(25)30-19-17(27)16(26)18(31-21(19)32-11-10-24)15(12(2)29-4)22-20(28)13-8-6-9-23(13)3/h12-13,15-19,21,24,26-27H,5-11H2,1-4H3,(H,22,28)/t12-,13-,15+,16-,17-,18+,19+,21-/m0/s1. The molecule has 2 saturated heterocycles. The number of aliphatic hydroxyl groups is 3. The second-order valence-electron chi connectivity index (χ2n) is 8.36. The number of nitrogens with one attached hydrogen (secondary N) is 1. The summed E-state index contributed by atoms with van der Waals surface area (Å²) < 4.78 is 17.0. The van der Waals surface area contributed by atoms with E-state index in [1.807, 2.05) is 18.9 Å². The van der Waals surface area contributed by atoms with E-state index in [0.717, 1.165) is 19.4 Å². The van der Waals surface area contributed by atoms with Crippen LogP contribution in [0.4, 0.5) is 0 Å². The van der Waals surface area contributed by atoms with Gasteiger partial charge in [-0.2, -0.15) is 0 Å². The molecule has 0 radical (unpaired) electrons. The van der Waals surface area contributed by atoms with Crippen molar-refractivity contribution in [2.45, 2.75) is 87.6 Å². The van der Waals surface area contributed by atoms with Gasteiger partial charge >= 0.3 is 5.97 Å². The maximum Gasteiger partial charge on any atom is 0.306 e. The molecule has 32 heavy (non-hydrogen) atoms. The van der Waals surface area contributed by atoms with Crippen molar-refractivity contribution < 1.29 is 39.1 Å². The van der Waals surface area contributed by atoms with Crippen LogP contribution in [0, 0.1) is 0 Å². The van der Waals surface area contributed by atoms with Crippen LogP contribution in [0.5, 0.6) is 0 Å². The Morgan fingerprint density at radius 2 is 2.03 bits per heavy atom. The molecule has 0 saturated carbocycles. The summed E-state index contributed by atoms with van der Waals surface area (Å²) in [6.45, 7) is 4.27. The summed E-state index contributed by atoms with van der Waals surface area (Å²) >= 11 is 1.17. The van der Waals surface area contributed by atoms with E-state index in [0.29, 0.717) is 6.42 Å². The van der Waals surface area contributed by atoms with Gasteiger partial charge in [-0.3, -0.25) is 14.5 Å². The lowest BCUT2D eigenvalue weighted by Gasteiger charge is -2.45. The molecular weight excluding hydrogens is 440 g/mol. The summed E-state index contributed by atoms with van der Waals surface area (Å²) in [5.41, 5.74) is -0.830. The molecule has 1 amide bonds. The number of aliphatic hydroxyl groups excluding tert-OH is 3. The summed E-state index contributed by atoms with van der Waals surface area (Å²) in [5, 5.41) is 33.9. The van der Waals surface area contributed by atoms with Crippen molar-refractivity contribution in [1.82, 2.24) is 10.2 Å². The summed E-state index contributed by atoms with van der Waals surface area (Å²) in [6, 6.07) is -1.04. The zero-order valence-corrected chi connectivity index (χ0v) is 20.1. The van der Waals surface area contributed by atoms with Crippen molar-refractivity contribution in [3.63, 3.8) is 0 Å². The van der Waals surface area contributed by atoms with Crippen molar-refractivity contribution in [3.05, 3.63) is 0 Å². The Morgan fingerprint density at radius 1 is 1.31 bits per heavy atom. The van der Waals surface area contributed by atoms with Gasteiger partial charge in [0.15, 0.2) is 6.10 Å². The van der Waals surface area contributed by atoms with Crippen molar-refractivity contribution in [1.29, 1.82) is 0 Å². The van der Waals surface area contributed by atoms with Gasteiger partial charge in [0, 0.05) is 19.3 Å². The molecule has 0 aromatic heterocycles. The third-order valence-electron chi connectivity index (χ3n) is 6.04. The van der Waals surface area contributed by atoms with Crippen molar-refractivity contribution in [2.75, 3.05) is 33.1 Å². The average molecular weight is 479 g/mol. The number of hydrogen-bond acceptors (Lipinski definition) is 10. The highest BCUT2D eigenvalue weighted by molar-refractivity contribution is 7.99. The summed E-state index contributed by atoms with van der Waals surface area (Å²) in [4.78, 5) is 27.0. The highest BCUT2D eigenvalue weighted by Gasteiger charge is 2.51.